The lowest BCUT2D eigenvalue weighted by Gasteiger charge is -2.36. The van der Waals surface area contributed by atoms with Gasteiger partial charge >= 0.3 is 0 Å². The van der Waals surface area contributed by atoms with E-state index in [1.54, 1.807) is 7.11 Å². The van der Waals surface area contributed by atoms with Crippen molar-refractivity contribution in [2.75, 3.05) is 51.3 Å². The third kappa shape index (κ3) is 4.87. The van der Waals surface area contributed by atoms with Gasteiger partial charge in [-0.05, 0) is 44.4 Å². The Kier molecular flexibility index (Phi) is 6.81. The topological polar surface area (TPSA) is 15.7 Å². The van der Waals surface area contributed by atoms with Crippen molar-refractivity contribution in [2.24, 2.45) is 0 Å². The van der Waals surface area contributed by atoms with Crippen LogP contribution < -0.4 is 4.90 Å². The number of anilines is 1. The molecule has 0 amide bonds. The molecule has 21 heavy (non-hydrogen) atoms. The number of aryl methyl sites for hydroxylation is 1. The molecule has 1 saturated heterocycles. The Hall–Kier alpha value is -0.770. The summed E-state index contributed by atoms with van der Waals surface area (Å²) in [5.41, 5.74) is 2.35. The quantitative estimate of drug-likeness (QED) is 0.716. The van der Waals surface area contributed by atoms with Gasteiger partial charge in [-0.2, -0.15) is 0 Å². The Morgan fingerprint density at radius 2 is 1.86 bits per heavy atom. The number of nitrogens with zero attached hydrogens (tertiary/aromatic N) is 2. The fraction of sp³-hybridized carbons (Fsp3) is 0.647. The minimum Gasteiger partial charge on any atom is -0.385 e. The summed E-state index contributed by atoms with van der Waals surface area (Å²) in [6.45, 7) is 8.58. The normalized spacial score (nSPS) is 16.4. The van der Waals surface area contributed by atoms with Gasteiger partial charge in [0.05, 0.1) is 10.7 Å². The minimum absolute atomic E-state index is 0.889. The van der Waals surface area contributed by atoms with Crippen molar-refractivity contribution in [3.8, 4) is 0 Å². The molecule has 1 fully saturated rings. The van der Waals surface area contributed by atoms with Crippen molar-refractivity contribution in [2.45, 2.75) is 26.2 Å². The van der Waals surface area contributed by atoms with Crippen LogP contribution in [0.4, 0.5) is 5.69 Å². The largest absolute Gasteiger partial charge is 0.385 e. The van der Waals surface area contributed by atoms with Crippen LogP contribution in [0.3, 0.4) is 0 Å². The van der Waals surface area contributed by atoms with Gasteiger partial charge in [-0.3, -0.25) is 4.90 Å². The van der Waals surface area contributed by atoms with Gasteiger partial charge in [-0.1, -0.05) is 23.7 Å². The second-order valence-corrected chi connectivity index (χ2v) is 6.17. The van der Waals surface area contributed by atoms with Gasteiger partial charge in [-0.15, -0.1) is 0 Å². The second kappa shape index (κ2) is 8.62. The molecule has 0 bridgehead atoms. The molecule has 1 heterocycles. The van der Waals surface area contributed by atoms with Gasteiger partial charge in [0.1, 0.15) is 0 Å². The summed E-state index contributed by atoms with van der Waals surface area (Å²) in [4.78, 5) is 4.98. The van der Waals surface area contributed by atoms with Crippen LogP contribution in [0.5, 0.6) is 0 Å². The maximum atomic E-state index is 6.43. The molecule has 1 aromatic rings. The molecule has 0 aromatic heterocycles. The summed E-state index contributed by atoms with van der Waals surface area (Å²) in [5, 5.41) is 0.908. The molecule has 0 unspecified atom stereocenters. The number of rotatable bonds is 7. The predicted molar refractivity (Wildman–Crippen MR) is 90.6 cm³/mol. The zero-order valence-electron chi connectivity index (χ0n) is 13.3. The number of hydrogen-bond acceptors (Lipinski definition) is 3. The van der Waals surface area contributed by atoms with Crippen LogP contribution in [-0.2, 0) is 4.74 Å². The Balaban J connectivity index is 1.74. The first-order valence-electron chi connectivity index (χ1n) is 7.93. The zero-order chi connectivity index (χ0) is 15.1. The van der Waals surface area contributed by atoms with E-state index >= 15 is 0 Å². The number of unbranched alkanes of at least 4 members (excludes halogenated alkanes) is 2. The molecule has 0 N–H and O–H groups in total. The van der Waals surface area contributed by atoms with Gasteiger partial charge < -0.3 is 9.64 Å². The van der Waals surface area contributed by atoms with Crippen LogP contribution >= 0.6 is 11.6 Å². The Bertz CT molecular complexity index is 431. The van der Waals surface area contributed by atoms with Crippen LogP contribution in [0.15, 0.2) is 18.2 Å². The highest BCUT2D eigenvalue weighted by Crippen LogP contribution is 2.29. The number of methoxy groups -OCH3 is 1. The fourth-order valence-corrected chi connectivity index (χ4v) is 3.09. The summed E-state index contributed by atoms with van der Waals surface area (Å²) in [5.74, 6) is 0. The van der Waals surface area contributed by atoms with E-state index in [0.29, 0.717) is 0 Å². The lowest BCUT2D eigenvalue weighted by molar-refractivity contribution is 0.188. The average Bonchev–Trinajstić information content (AvgIpc) is 2.51. The van der Waals surface area contributed by atoms with Gasteiger partial charge in [-0.25, -0.2) is 0 Å². The highest BCUT2D eigenvalue weighted by atomic mass is 35.5. The van der Waals surface area contributed by atoms with E-state index < -0.39 is 0 Å². The molecule has 4 heteroatoms. The van der Waals surface area contributed by atoms with Crippen molar-refractivity contribution in [1.82, 2.24) is 4.90 Å². The molecule has 2 rings (SSSR count). The SMILES string of the molecule is COCCCCCN1CCN(c2cccc(C)c2Cl)CC1. The third-order valence-corrected chi connectivity index (χ3v) is 4.70. The van der Waals surface area contributed by atoms with E-state index in [0.717, 1.165) is 43.4 Å². The van der Waals surface area contributed by atoms with Crippen molar-refractivity contribution >= 4 is 17.3 Å². The standard InChI is InChI=1S/C17H27ClN2O/c1-15-7-6-8-16(17(15)18)20-12-10-19(11-13-20)9-4-3-5-14-21-2/h6-8H,3-5,9-14H2,1-2H3. The van der Waals surface area contributed by atoms with Crippen LogP contribution in [0.1, 0.15) is 24.8 Å². The minimum atomic E-state index is 0.889. The monoisotopic (exact) mass is 310 g/mol. The lowest BCUT2D eigenvalue weighted by atomic mass is 10.1. The number of hydrogen-bond donors (Lipinski definition) is 0. The number of ether oxygens (including phenoxy) is 1. The van der Waals surface area contributed by atoms with Crippen LogP contribution in [0, 0.1) is 6.92 Å². The van der Waals surface area contributed by atoms with Gasteiger partial charge in [0.15, 0.2) is 0 Å². The van der Waals surface area contributed by atoms with Crippen LogP contribution in [0.25, 0.3) is 0 Å². The van der Waals surface area contributed by atoms with E-state index in [9.17, 15) is 0 Å². The average molecular weight is 311 g/mol. The maximum absolute atomic E-state index is 6.43. The van der Waals surface area contributed by atoms with Crippen molar-refractivity contribution < 1.29 is 4.74 Å². The molecule has 3 nitrogen and oxygen atoms in total. The van der Waals surface area contributed by atoms with E-state index in [1.165, 1.54) is 31.5 Å². The number of halogens is 1. The molecular weight excluding hydrogens is 284 g/mol. The zero-order valence-corrected chi connectivity index (χ0v) is 14.0. The number of piperazine rings is 1. The first kappa shape index (κ1) is 16.6. The third-order valence-electron chi connectivity index (χ3n) is 4.21. The van der Waals surface area contributed by atoms with Crippen LogP contribution in [0.2, 0.25) is 5.02 Å². The number of benzene rings is 1. The summed E-state index contributed by atoms with van der Waals surface area (Å²) in [7, 11) is 1.77. The highest BCUT2D eigenvalue weighted by molar-refractivity contribution is 6.34. The molecule has 0 atom stereocenters. The van der Waals surface area contributed by atoms with Crippen molar-refractivity contribution in [3.05, 3.63) is 28.8 Å². The van der Waals surface area contributed by atoms with Crippen molar-refractivity contribution in [1.29, 1.82) is 0 Å². The molecule has 0 aliphatic carbocycles. The molecule has 1 aliphatic heterocycles. The first-order chi connectivity index (χ1) is 10.2. The van der Waals surface area contributed by atoms with E-state index in [4.69, 9.17) is 16.3 Å². The Morgan fingerprint density at radius 1 is 1.10 bits per heavy atom. The smallest absolute Gasteiger partial charge is 0.0668 e. The molecule has 118 valence electrons. The van der Waals surface area contributed by atoms with Gasteiger partial charge in [0.25, 0.3) is 0 Å². The van der Waals surface area contributed by atoms with Crippen LogP contribution in [-0.4, -0.2) is 51.3 Å². The highest BCUT2D eigenvalue weighted by Gasteiger charge is 2.18. The molecular formula is C17H27ClN2O. The molecule has 1 aromatic carbocycles. The van der Waals surface area contributed by atoms with Gasteiger partial charge in [0, 0.05) is 39.9 Å². The predicted octanol–water partition coefficient (Wildman–Crippen LogP) is 3.59. The van der Waals surface area contributed by atoms with Gasteiger partial charge in [0.2, 0.25) is 0 Å². The summed E-state index contributed by atoms with van der Waals surface area (Å²) >= 11 is 6.43. The summed E-state index contributed by atoms with van der Waals surface area (Å²) in [6, 6.07) is 6.30. The lowest BCUT2D eigenvalue weighted by Crippen LogP contribution is -2.46. The van der Waals surface area contributed by atoms with Crippen molar-refractivity contribution in [3.63, 3.8) is 0 Å². The van der Waals surface area contributed by atoms with E-state index in [1.807, 2.05) is 0 Å². The Labute approximate surface area is 133 Å². The molecule has 0 radical (unpaired) electrons. The van der Waals surface area contributed by atoms with E-state index in [2.05, 4.69) is 34.9 Å². The summed E-state index contributed by atoms with van der Waals surface area (Å²) in [6.07, 6.45) is 3.71. The summed E-state index contributed by atoms with van der Waals surface area (Å²) < 4.78 is 5.08. The second-order valence-electron chi connectivity index (χ2n) is 5.79. The first-order valence-corrected chi connectivity index (χ1v) is 8.31. The van der Waals surface area contributed by atoms with E-state index in [-0.39, 0.29) is 0 Å². The molecule has 0 spiro atoms. The fourth-order valence-electron chi connectivity index (χ4n) is 2.85. The maximum Gasteiger partial charge on any atom is 0.0668 e. The Morgan fingerprint density at radius 3 is 2.57 bits per heavy atom. The molecule has 1 aliphatic rings. The molecule has 0 saturated carbocycles.